The second-order valence-electron chi connectivity index (χ2n) is 11.0. The molecule has 5 atom stereocenters. The topological polar surface area (TPSA) is 140 Å². The number of hydrogen-bond donors (Lipinski definition) is 6. The summed E-state index contributed by atoms with van der Waals surface area (Å²) >= 11 is 6.93. The highest BCUT2D eigenvalue weighted by Crippen LogP contribution is 2.44. The summed E-state index contributed by atoms with van der Waals surface area (Å²) in [5.41, 5.74) is 3.63. The minimum atomic E-state index is -1.00. The van der Waals surface area contributed by atoms with Crippen molar-refractivity contribution in [2.24, 2.45) is 5.92 Å². The molecule has 3 heterocycles. The second kappa shape index (κ2) is 10.7. The molecule has 12 heteroatoms. The van der Waals surface area contributed by atoms with Gasteiger partial charge in [0.2, 0.25) is 5.95 Å². The molecule has 0 unspecified atom stereocenters. The number of rotatable bonds is 9. The van der Waals surface area contributed by atoms with Gasteiger partial charge in [-0.2, -0.15) is 4.98 Å². The zero-order valence-electron chi connectivity index (χ0n) is 22.4. The molecule has 0 aliphatic heterocycles. The zero-order chi connectivity index (χ0) is 27.3. The van der Waals surface area contributed by atoms with Gasteiger partial charge in [-0.05, 0) is 77.1 Å². The molecule has 208 valence electrons. The second-order valence-corrected chi connectivity index (χ2v) is 12.5. The molecule has 3 aromatic heterocycles. The number of fused-ring (bicyclic) bond motifs is 1. The first-order valence-electron chi connectivity index (χ1n) is 13.9. The van der Waals surface area contributed by atoms with E-state index in [2.05, 4.69) is 33.2 Å². The lowest BCUT2D eigenvalue weighted by Crippen LogP contribution is -2.47. The lowest BCUT2D eigenvalue weighted by Gasteiger charge is -2.22. The Kier molecular flexibility index (Phi) is 7.30. The number of hydrogen-bond acceptors (Lipinski definition) is 10. The fourth-order valence-corrected chi connectivity index (χ4v) is 6.79. The van der Waals surface area contributed by atoms with Crippen LogP contribution in [0.5, 0.6) is 0 Å². The number of aliphatic hydroxyl groups excluding tert-OH is 2. The molecule has 6 N–H and O–H groups in total. The molecule has 0 bridgehead atoms. The van der Waals surface area contributed by atoms with E-state index in [1.165, 1.54) is 12.8 Å². The fourth-order valence-electron chi connectivity index (χ4n) is 5.43. The molecule has 0 saturated heterocycles. The van der Waals surface area contributed by atoms with Gasteiger partial charge >= 0.3 is 0 Å². The standard InChI is InChI=1S/C27H36N8O2S2/c1-4-28-27(38)33-17-11-16(22(36)23(17)37)32-24-19(13(3)31-26(35-24)30-12(2)14-5-6-14)25-34-21-18(39-25)9-10-29-20(21)15-7-8-15/h9-10,12,14-17,22-23,36-37H,4-8,11H2,1-3H3,(H2,28,33,38)(H2,30,31,32,35)/t12-,16-,17+,22+,23-/m1/s1. The van der Waals surface area contributed by atoms with Crippen LogP contribution in [-0.4, -0.2) is 72.1 Å². The van der Waals surface area contributed by atoms with Crippen molar-refractivity contribution in [2.45, 2.75) is 89.1 Å². The van der Waals surface area contributed by atoms with Gasteiger partial charge in [0.15, 0.2) is 5.11 Å². The molecule has 0 aromatic carbocycles. The average molecular weight is 569 g/mol. The Bertz CT molecular complexity index is 1380. The Morgan fingerprint density at radius 3 is 2.62 bits per heavy atom. The van der Waals surface area contributed by atoms with Gasteiger partial charge in [0.25, 0.3) is 0 Å². The number of aryl methyl sites for hydroxylation is 1. The molecule has 3 aliphatic rings. The lowest BCUT2D eigenvalue weighted by atomic mass is 10.1. The molecule has 3 aromatic rings. The summed E-state index contributed by atoms with van der Waals surface area (Å²) in [7, 11) is 0. The molecule has 39 heavy (non-hydrogen) atoms. The minimum Gasteiger partial charge on any atom is -0.388 e. The molecule has 3 saturated carbocycles. The molecule has 0 radical (unpaired) electrons. The molecule has 3 fully saturated rings. The molecular formula is C27H36N8O2S2. The third-order valence-corrected chi connectivity index (χ3v) is 9.25. The first-order chi connectivity index (χ1) is 18.8. The number of aliphatic hydroxyl groups is 2. The van der Waals surface area contributed by atoms with Crippen molar-refractivity contribution in [3.8, 4) is 10.6 Å². The van der Waals surface area contributed by atoms with Gasteiger partial charge in [-0.1, -0.05) is 0 Å². The van der Waals surface area contributed by atoms with E-state index in [-0.39, 0.29) is 6.04 Å². The number of thiazole rings is 1. The van der Waals surface area contributed by atoms with E-state index >= 15 is 0 Å². The highest BCUT2D eigenvalue weighted by Gasteiger charge is 2.42. The van der Waals surface area contributed by atoms with Gasteiger partial charge < -0.3 is 31.5 Å². The van der Waals surface area contributed by atoms with E-state index in [9.17, 15) is 10.2 Å². The predicted molar refractivity (Wildman–Crippen MR) is 158 cm³/mol. The van der Waals surface area contributed by atoms with Gasteiger partial charge in [-0.3, -0.25) is 4.98 Å². The van der Waals surface area contributed by atoms with Crippen molar-refractivity contribution < 1.29 is 10.2 Å². The quantitative estimate of drug-likeness (QED) is 0.212. The smallest absolute Gasteiger partial charge is 0.225 e. The fraction of sp³-hybridized carbons (Fsp3) is 0.593. The maximum Gasteiger partial charge on any atom is 0.225 e. The third kappa shape index (κ3) is 5.52. The summed E-state index contributed by atoms with van der Waals surface area (Å²) in [6.07, 6.45) is 5.10. The molecule has 3 aliphatic carbocycles. The Morgan fingerprint density at radius 2 is 1.90 bits per heavy atom. The van der Waals surface area contributed by atoms with Gasteiger partial charge in [-0.15, -0.1) is 11.3 Å². The van der Waals surface area contributed by atoms with E-state index in [1.807, 2.05) is 26.1 Å². The van der Waals surface area contributed by atoms with Crippen LogP contribution in [0, 0.1) is 12.8 Å². The van der Waals surface area contributed by atoms with E-state index < -0.39 is 24.3 Å². The summed E-state index contributed by atoms with van der Waals surface area (Å²) < 4.78 is 1.09. The Labute approximate surface area is 237 Å². The largest absolute Gasteiger partial charge is 0.388 e. The van der Waals surface area contributed by atoms with Crippen molar-refractivity contribution in [2.75, 3.05) is 17.2 Å². The van der Waals surface area contributed by atoms with E-state index in [4.69, 9.17) is 27.2 Å². The predicted octanol–water partition coefficient (Wildman–Crippen LogP) is 3.30. The molecule has 10 nitrogen and oxygen atoms in total. The highest BCUT2D eigenvalue weighted by atomic mass is 32.1. The van der Waals surface area contributed by atoms with Crippen molar-refractivity contribution in [1.82, 2.24) is 30.6 Å². The van der Waals surface area contributed by atoms with Crippen molar-refractivity contribution in [1.29, 1.82) is 0 Å². The van der Waals surface area contributed by atoms with Crippen LogP contribution in [0.4, 0.5) is 11.8 Å². The number of nitrogens with one attached hydrogen (secondary N) is 4. The first kappa shape index (κ1) is 26.5. The monoisotopic (exact) mass is 568 g/mol. The molecule has 6 rings (SSSR count). The maximum absolute atomic E-state index is 11.0. The highest BCUT2D eigenvalue weighted by molar-refractivity contribution is 7.80. The minimum absolute atomic E-state index is 0.275. The van der Waals surface area contributed by atoms with Crippen LogP contribution in [0.25, 0.3) is 20.8 Å². The van der Waals surface area contributed by atoms with Crippen LogP contribution >= 0.6 is 23.6 Å². The Balaban J connectivity index is 1.34. The normalized spacial score (nSPS) is 25.5. The van der Waals surface area contributed by atoms with Crippen LogP contribution in [0.1, 0.15) is 63.3 Å². The van der Waals surface area contributed by atoms with E-state index in [0.29, 0.717) is 41.7 Å². The first-order valence-corrected chi connectivity index (χ1v) is 15.1. The maximum atomic E-state index is 11.0. The molecular weight excluding hydrogens is 532 g/mol. The summed E-state index contributed by atoms with van der Waals surface area (Å²) in [6.45, 7) is 6.77. The number of thiocarbonyl (C=S) groups is 1. The average Bonchev–Trinajstić information content (AvgIpc) is 3.82. The van der Waals surface area contributed by atoms with Crippen LogP contribution in [0.15, 0.2) is 12.3 Å². The van der Waals surface area contributed by atoms with Crippen LogP contribution < -0.4 is 21.3 Å². The van der Waals surface area contributed by atoms with Crippen molar-refractivity contribution >= 4 is 50.6 Å². The van der Waals surface area contributed by atoms with Crippen LogP contribution in [0.3, 0.4) is 0 Å². The van der Waals surface area contributed by atoms with Gasteiger partial charge in [-0.25, -0.2) is 9.97 Å². The van der Waals surface area contributed by atoms with Crippen LogP contribution in [-0.2, 0) is 0 Å². The molecule has 0 amide bonds. The van der Waals surface area contributed by atoms with Gasteiger partial charge in [0.05, 0.1) is 33.7 Å². The van der Waals surface area contributed by atoms with Crippen molar-refractivity contribution in [3.63, 3.8) is 0 Å². The van der Waals surface area contributed by atoms with Gasteiger partial charge in [0, 0.05) is 24.7 Å². The summed E-state index contributed by atoms with van der Waals surface area (Å²) in [5.74, 6) is 2.28. The number of anilines is 2. The Morgan fingerprint density at radius 1 is 1.13 bits per heavy atom. The lowest BCUT2D eigenvalue weighted by molar-refractivity contribution is 0.0293. The number of aromatic nitrogens is 4. The molecule has 0 spiro atoms. The summed E-state index contributed by atoms with van der Waals surface area (Å²) in [5, 5.41) is 36.2. The SMILES string of the molecule is CCNC(=S)N[C@H]1C[C@@H](Nc2nc(N[C@H](C)C3CC3)nc(C)c2-c2nc3c(C4CC4)nccc3s2)[C@H](O)[C@@H]1O. The number of nitrogens with zero attached hydrogens (tertiary/aromatic N) is 4. The van der Waals surface area contributed by atoms with Crippen molar-refractivity contribution in [3.05, 3.63) is 23.7 Å². The van der Waals surface area contributed by atoms with E-state index in [1.54, 1.807) is 11.3 Å². The number of pyridine rings is 1. The Hall–Kier alpha value is -2.67. The third-order valence-electron chi connectivity index (χ3n) is 7.95. The zero-order valence-corrected chi connectivity index (χ0v) is 24.1. The van der Waals surface area contributed by atoms with Crippen LogP contribution in [0.2, 0.25) is 0 Å². The van der Waals surface area contributed by atoms with E-state index in [0.717, 1.165) is 45.0 Å². The van der Waals surface area contributed by atoms with Gasteiger partial charge in [0.1, 0.15) is 28.6 Å². The summed E-state index contributed by atoms with van der Waals surface area (Å²) in [6, 6.07) is 1.45. The summed E-state index contributed by atoms with van der Waals surface area (Å²) in [4.78, 5) is 19.4.